The van der Waals surface area contributed by atoms with Crippen molar-refractivity contribution in [1.29, 1.82) is 0 Å². The summed E-state index contributed by atoms with van der Waals surface area (Å²) in [6.45, 7) is 15.7. The third-order valence-electron chi connectivity index (χ3n) is 5.92. The molecule has 1 atom stereocenters. The summed E-state index contributed by atoms with van der Waals surface area (Å²) in [5, 5.41) is 0. The molecule has 6 heteroatoms. The van der Waals surface area contributed by atoms with Gasteiger partial charge in [-0.25, -0.2) is 9.97 Å². The average molecular weight is 433 g/mol. The number of fused-ring (bicyclic) bond motifs is 1. The molecule has 1 aromatic carbocycles. The van der Waals surface area contributed by atoms with Crippen LogP contribution < -0.4 is 4.74 Å². The smallest absolute Gasteiger partial charge is 0.139 e. The molecule has 32 heavy (non-hydrogen) atoms. The number of imidazole rings is 1. The molecule has 3 heterocycles. The second-order valence-corrected chi connectivity index (χ2v) is 9.36. The zero-order valence-corrected chi connectivity index (χ0v) is 19.5. The molecule has 2 aromatic heterocycles. The topological polar surface area (TPSA) is 52.4 Å². The van der Waals surface area contributed by atoms with Gasteiger partial charge in [0, 0.05) is 23.6 Å². The van der Waals surface area contributed by atoms with Crippen molar-refractivity contribution in [2.75, 3.05) is 40.5 Å². The van der Waals surface area contributed by atoms with Gasteiger partial charge in [-0.05, 0) is 49.9 Å². The highest BCUT2D eigenvalue weighted by Crippen LogP contribution is 2.30. The number of hydrogen-bond donors (Lipinski definition) is 0. The van der Waals surface area contributed by atoms with Gasteiger partial charge in [0.1, 0.15) is 17.9 Å². The van der Waals surface area contributed by atoms with E-state index >= 15 is 0 Å². The van der Waals surface area contributed by atoms with Crippen LogP contribution >= 0.6 is 0 Å². The quantitative estimate of drug-likeness (QED) is 0.491. The van der Waals surface area contributed by atoms with Gasteiger partial charge in [-0.1, -0.05) is 33.1 Å². The van der Waals surface area contributed by atoms with E-state index in [4.69, 9.17) is 14.5 Å². The van der Waals surface area contributed by atoms with E-state index in [9.17, 15) is 0 Å². The number of nitrogens with zero attached hydrogens (tertiary/aromatic N) is 4. The lowest BCUT2D eigenvalue weighted by molar-refractivity contribution is -0.120. The molecule has 1 aliphatic rings. The second kappa shape index (κ2) is 8.88. The summed E-state index contributed by atoms with van der Waals surface area (Å²) in [6.07, 6.45) is 3.64. The van der Waals surface area contributed by atoms with Crippen molar-refractivity contribution in [3.63, 3.8) is 0 Å². The van der Waals surface area contributed by atoms with E-state index in [0.29, 0.717) is 6.61 Å². The monoisotopic (exact) mass is 432 g/mol. The fourth-order valence-electron chi connectivity index (χ4n) is 3.96. The lowest BCUT2D eigenvalue weighted by Crippen LogP contribution is -2.44. The molecule has 0 aliphatic carbocycles. The van der Waals surface area contributed by atoms with Crippen molar-refractivity contribution >= 4 is 22.7 Å². The normalized spacial score (nSPS) is 16.0. The number of rotatable bonds is 9. The highest BCUT2D eigenvalue weighted by atomic mass is 16.5. The van der Waals surface area contributed by atoms with Crippen molar-refractivity contribution in [3.05, 3.63) is 61.1 Å². The van der Waals surface area contributed by atoms with Crippen LogP contribution in [0.4, 0.5) is 0 Å². The van der Waals surface area contributed by atoms with E-state index < -0.39 is 0 Å². The van der Waals surface area contributed by atoms with Crippen LogP contribution in [0.1, 0.15) is 25.1 Å². The summed E-state index contributed by atoms with van der Waals surface area (Å²) in [5.41, 5.74) is 4.82. The van der Waals surface area contributed by atoms with E-state index in [0.717, 1.165) is 59.2 Å². The Balaban J connectivity index is 1.62. The van der Waals surface area contributed by atoms with Crippen LogP contribution in [-0.4, -0.2) is 59.9 Å². The van der Waals surface area contributed by atoms with Crippen LogP contribution in [0, 0.1) is 11.3 Å². The van der Waals surface area contributed by atoms with Crippen molar-refractivity contribution in [2.45, 2.75) is 13.8 Å². The van der Waals surface area contributed by atoms with Gasteiger partial charge in [-0.15, -0.1) is 0 Å². The van der Waals surface area contributed by atoms with Gasteiger partial charge in [0.25, 0.3) is 0 Å². The van der Waals surface area contributed by atoms with Crippen LogP contribution in [0.3, 0.4) is 0 Å². The zero-order valence-electron chi connectivity index (χ0n) is 19.5. The molecule has 1 aliphatic heterocycles. The van der Waals surface area contributed by atoms with Crippen molar-refractivity contribution in [1.82, 2.24) is 19.4 Å². The lowest BCUT2D eigenvalue weighted by atomic mass is 9.90. The molecule has 1 saturated heterocycles. The molecular formula is C26H32N4O2. The third-order valence-corrected chi connectivity index (χ3v) is 5.92. The summed E-state index contributed by atoms with van der Waals surface area (Å²) in [4.78, 5) is 11.7. The summed E-state index contributed by atoms with van der Waals surface area (Å²) in [6, 6.07) is 10.0. The van der Waals surface area contributed by atoms with Crippen LogP contribution in [0.25, 0.3) is 28.5 Å². The van der Waals surface area contributed by atoms with Crippen LogP contribution in [-0.2, 0) is 4.74 Å². The second-order valence-electron chi connectivity index (χ2n) is 9.36. The number of hydrogen-bond acceptors (Lipinski definition) is 5. The maximum absolute atomic E-state index is 6.00. The fraction of sp³-hybridized carbons (Fsp3) is 0.385. The van der Waals surface area contributed by atoms with Gasteiger partial charge in [0.05, 0.1) is 36.5 Å². The molecule has 4 rings (SSSR count). The largest absolute Gasteiger partial charge is 0.493 e. The van der Waals surface area contributed by atoms with E-state index in [1.165, 1.54) is 0 Å². The predicted molar refractivity (Wildman–Crippen MR) is 130 cm³/mol. The summed E-state index contributed by atoms with van der Waals surface area (Å²) in [7, 11) is 4.13. The number of benzene rings is 1. The fourth-order valence-corrected chi connectivity index (χ4v) is 3.96. The number of pyridine rings is 1. The zero-order chi connectivity index (χ0) is 22.9. The van der Waals surface area contributed by atoms with Crippen molar-refractivity contribution < 1.29 is 9.47 Å². The number of aromatic nitrogens is 3. The van der Waals surface area contributed by atoms with Gasteiger partial charge >= 0.3 is 0 Å². The molecular weight excluding hydrogens is 400 g/mol. The van der Waals surface area contributed by atoms with Crippen LogP contribution in [0.15, 0.2) is 49.8 Å². The minimum absolute atomic E-state index is 0.105. The predicted octanol–water partition coefficient (Wildman–Crippen LogP) is 4.69. The highest BCUT2D eigenvalue weighted by Gasteiger charge is 2.34. The Morgan fingerprint density at radius 3 is 2.75 bits per heavy atom. The molecule has 0 bridgehead atoms. The van der Waals surface area contributed by atoms with Crippen LogP contribution in [0.2, 0.25) is 0 Å². The Kier molecular flexibility index (Phi) is 6.17. The van der Waals surface area contributed by atoms with Gasteiger partial charge in [-0.3, -0.25) is 4.57 Å². The van der Waals surface area contributed by atoms with Gasteiger partial charge in [-0.2, -0.15) is 0 Å². The van der Waals surface area contributed by atoms with E-state index in [1.54, 1.807) is 6.33 Å². The Morgan fingerprint density at radius 2 is 2.09 bits per heavy atom. The Morgan fingerprint density at radius 1 is 1.31 bits per heavy atom. The SMILES string of the molecule is C=Cc1ccc(-n2cnc3cc(OCC4(C)COC4)ccc32)nc1C(=C)C(C)CN(C)C. The highest BCUT2D eigenvalue weighted by molar-refractivity contribution is 5.79. The Labute approximate surface area is 190 Å². The summed E-state index contributed by atoms with van der Waals surface area (Å²) < 4.78 is 13.3. The Bertz CT molecular complexity index is 1140. The summed E-state index contributed by atoms with van der Waals surface area (Å²) in [5.74, 6) is 1.89. The molecule has 1 unspecified atom stereocenters. The minimum atomic E-state index is 0.105. The van der Waals surface area contributed by atoms with Gasteiger partial charge in [0.2, 0.25) is 0 Å². The molecule has 0 radical (unpaired) electrons. The van der Waals surface area contributed by atoms with E-state index in [1.807, 2.05) is 41.0 Å². The minimum Gasteiger partial charge on any atom is -0.493 e. The lowest BCUT2D eigenvalue weighted by Gasteiger charge is -2.37. The Hall–Kier alpha value is -2.96. The third kappa shape index (κ3) is 4.47. The molecule has 1 fully saturated rings. The molecule has 0 saturated carbocycles. The molecule has 168 valence electrons. The maximum Gasteiger partial charge on any atom is 0.139 e. The first-order valence-electron chi connectivity index (χ1n) is 10.9. The first-order chi connectivity index (χ1) is 15.3. The maximum atomic E-state index is 6.00. The molecule has 0 spiro atoms. The molecule has 0 amide bonds. The summed E-state index contributed by atoms with van der Waals surface area (Å²) >= 11 is 0. The van der Waals surface area contributed by atoms with Crippen LogP contribution in [0.5, 0.6) is 5.75 Å². The first kappa shape index (κ1) is 22.2. The first-order valence-corrected chi connectivity index (χ1v) is 10.9. The van der Waals surface area contributed by atoms with Gasteiger partial charge in [0.15, 0.2) is 0 Å². The van der Waals surface area contributed by atoms with Crippen molar-refractivity contribution in [2.24, 2.45) is 11.3 Å². The van der Waals surface area contributed by atoms with E-state index in [-0.39, 0.29) is 11.3 Å². The van der Waals surface area contributed by atoms with Gasteiger partial charge < -0.3 is 14.4 Å². The standard InChI is InChI=1S/C26H32N4O2/c1-7-20-8-11-24(28-25(20)19(3)18(2)13-29(5)6)30-17-27-22-12-21(9-10-23(22)30)32-16-26(4)14-31-15-26/h7-12,17-18H,1,3,13-16H2,2,4-6H3. The number of ether oxygens (including phenoxy) is 2. The van der Waals surface area contributed by atoms with Crippen molar-refractivity contribution in [3.8, 4) is 11.6 Å². The van der Waals surface area contributed by atoms with E-state index in [2.05, 4.69) is 51.0 Å². The molecule has 0 N–H and O–H groups in total. The average Bonchev–Trinajstić information content (AvgIpc) is 3.18. The molecule has 3 aromatic rings. The molecule has 6 nitrogen and oxygen atoms in total.